The minimum Gasteiger partial charge on any atom is -0.493 e. The van der Waals surface area contributed by atoms with E-state index in [1.165, 1.54) is 13.8 Å². The molecule has 3 aromatic rings. The molecular weight excluding hydrogens is 424 g/mol. The molecule has 3 rings (SSSR count). The van der Waals surface area contributed by atoms with Crippen LogP contribution in [0.2, 0.25) is 0 Å². The van der Waals surface area contributed by atoms with Crippen LogP contribution in [0.4, 0.5) is 0 Å². The van der Waals surface area contributed by atoms with Gasteiger partial charge in [0.15, 0.2) is 11.5 Å². The van der Waals surface area contributed by atoms with Gasteiger partial charge < -0.3 is 23.7 Å². The smallest absolute Gasteiger partial charge is 0.308 e. The average Bonchev–Trinajstić information content (AvgIpc) is 2.80. The summed E-state index contributed by atoms with van der Waals surface area (Å²) in [6, 6.07) is 18.3. The summed E-state index contributed by atoms with van der Waals surface area (Å²) >= 11 is 0. The molecule has 0 aliphatic heterocycles. The Bertz CT molecular complexity index is 1030. The molecule has 0 radical (unpaired) electrons. The lowest BCUT2D eigenvalue weighted by Crippen LogP contribution is -2.07. The van der Waals surface area contributed by atoms with Crippen molar-refractivity contribution in [2.45, 2.75) is 19.8 Å². The highest BCUT2D eigenvalue weighted by molar-refractivity contribution is 5.70. The average molecular weight is 450 g/mol. The highest BCUT2D eigenvalue weighted by Gasteiger charge is 2.22. The van der Waals surface area contributed by atoms with Gasteiger partial charge in [-0.2, -0.15) is 0 Å². The maximum Gasteiger partial charge on any atom is 0.308 e. The number of methoxy groups -OCH3 is 3. The second-order valence-corrected chi connectivity index (χ2v) is 7.22. The zero-order valence-electron chi connectivity index (χ0n) is 19.2. The van der Waals surface area contributed by atoms with E-state index in [2.05, 4.69) is 0 Å². The van der Waals surface area contributed by atoms with E-state index in [0.29, 0.717) is 28.7 Å². The zero-order chi connectivity index (χ0) is 24.0. The van der Waals surface area contributed by atoms with Crippen molar-refractivity contribution in [1.82, 2.24) is 0 Å². The summed E-state index contributed by atoms with van der Waals surface area (Å²) in [6.07, 6.45) is 0. The minimum atomic E-state index is -0.384. The van der Waals surface area contributed by atoms with Crippen LogP contribution in [0.5, 0.6) is 28.7 Å². The van der Waals surface area contributed by atoms with Crippen molar-refractivity contribution in [3.63, 3.8) is 0 Å². The van der Waals surface area contributed by atoms with E-state index in [1.807, 2.05) is 36.4 Å². The third-order valence-corrected chi connectivity index (χ3v) is 4.97. The minimum absolute atomic E-state index is 0.225. The first kappa shape index (κ1) is 23.7. The highest BCUT2D eigenvalue weighted by Crippen LogP contribution is 2.43. The molecule has 0 unspecified atom stereocenters. The number of benzene rings is 3. The predicted octanol–water partition coefficient (Wildman–Crippen LogP) is 4.74. The van der Waals surface area contributed by atoms with Gasteiger partial charge in [0, 0.05) is 19.8 Å². The van der Waals surface area contributed by atoms with E-state index >= 15 is 0 Å². The van der Waals surface area contributed by atoms with E-state index < -0.39 is 0 Å². The molecule has 0 fully saturated rings. The van der Waals surface area contributed by atoms with Gasteiger partial charge in [-0.15, -0.1) is 0 Å². The number of carbonyl (C=O) groups excluding carboxylic acids is 2. The first-order chi connectivity index (χ1) is 15.9. The van der Waals surface area contributed by atoms with Crippen molar-refractivity contribution in [2.24, 2.45) is 0 Å². The van der Waals surface area contributed by atoms with Crippen molar-refractivity contribution in [3.05, 3.63) is 77.4 Å². The van der Waals surface area contributed by atoms with Crippen LogP contribution in [0.1, 0.15) is 36.5 Å². The third kappa shape index (κ3) is 5.63. The first-order valence-corrected chi connectivity index (χ1v) is 10.2. The van der Waals surface area contributed by atoms with Gasteiger partial charge in [-0.25, -0.2) is 0 Å². The number of rotatable bonds is 8. The highest BCUT2D eigenvalue weighted by atomic mass is 16.5. The number of ether oxygens (including phenoxy) is 5. The summed E-state index contributed by atoms with van der Waals surface area (Å²) in [5.41, 5.74) is 2.78. The Morgan fingerprint density at radius 3 is 1.30 bits per heavy atom. The standard InChI is InChI=1S/C26H26O7/c1-16(27)32-21-10-6-18(7-11-21)25(19-8-12-22(13-9-19)33-17(2)28)20-14-23(29-3)26(31-5)24(15-20)30-4/h6-15,25H,1-5H3. The Morgan fingerprint density at radius 1 is 0.606 bits per heavy atom. The van der Waals surface area contributed by atoms with Gasteiger partial charge in [-0.05, 0) is 53.1 Å². The van der Waals surface area contributed by atoms with Crippen LogP contribution in [-0.2, 0) is 9.59 Å². The second kappa shape index (κ2) is 10.5. The molecule has 0 aromatic heterocycles. The Labute approximate surface area is 192 Å². The maximum absolute atomic E-state index is 11.3. The van der Waals surface area contributed by atoms with Gasteiger partial charge in [0.1, 0.15) is 11.5 Å². The number of hydrogen-bond donors (Lipinski definition) is 0. The summed E-state index contributed by atoms with van der Waals surface area (Å²) in [4.78, 5) is 22.6. The fourth-order valence-electron chi connectivity index (χ4n) is 3.63. The normalized spacial score (nSPS) is 10.5. The Morgan fingerprint density at radius 2 is 1.00 bits per heavy atom. The molecule has 7 nitrogen and oxygen atoms in total. The Balaban J connectivity index is 2.13. The SMILES string of the molecule is COc1cc(C(c2ccc(OC(C)=O)cc2)c2ccc(OC(C)=O)cc2)cc(OC)c1OC. The first-order valence-electron chi connectivity index (χ1n) is 10.2. The summed E-state index contributed by atoms with van der Waals surface area (Å²) < 4.78 is 26.9. The predicted molar refractivity (Wildman–Crippen MR) is 123 cm³/mol. The van der Waals surface area contributed by atoms with Gasteiger partial charge >= 0.3 is 11.9 Å². The van der Waals surface area contributed by atoms with Gasteiger partial charge in [0.05, 0.1) is 21.3 Å². The molecule has 0 spiro atoms. The van der Waals surface area contributed by atoms with E-state index in [1.54, 1.807) is 45.6 Å². The number of carbonyl (C=O) groups is 2. The Hall–Kier alpha value is -4.00. The number of hydrogen-bond acceptors (Lipinski definition) is 7. The lowest BCUT2D eigenvalue weighted by Gasteiger charge is -2.22. The van der Waals surface area contributed by atoms with E-state index in [9.17, 15) is 9.59 Å². The fourth-order valence-corrected chi connectivity index (χ4v) is 3.63. The molecule has 0 heterocycles. The molecule has 0 amide bonds. The topological polar surface area (TPSA) is 80.3 Å². The fraction of sp³-hybridized carbons (Fsp3) is 0.231. The molecule has 3 aromatic carbocycles. The number of esters is 2. The lowest BCUT2D eigenvalue weighted by atomic mass is 9.84. The maximum atomic E-state index is 11.3. The molecule has 0 saturated carbocycles. The van der Waals surface area contributed by atoms with Crippen molar-refractivity contribution in [3.8, 4) is 28.7 Å². The van der Waals surface area contributed by atoms with Crippen LogP contribution in [0.15, 0.2) is 60.7 Å². The van der Waals surface area contributed by atoms with Crippen molar-refractivity contribution in [2.75, 3.05) is 21.3 Å². The lowest BCUT2D eigenvalue weighted by molar-refractivity contribution is -0.132. The molecular formula is C26H26O7. The van der Waals surface area contributed by atoms with Gasteiger partial charge in [0.25, 0.3) is 0 Å². The van der Waals surface area contributed by atoms with Crippen LogP contribution in [0.3, 0.4) is 0 Å². The molecule has 7 heteroatoms. The van der Waals surface area contributed by atoms with Gasteiger partial charge in [-0.1, -0.05) is 24.3 Å². The van der Waals surface area contributed by atoms with Crippen LogP contribution in [-0.4, -0.2) is 33.3 Å². The van der Waals surface area contributed by atoms with Crippen LogP contribution in [0.25, 0.3) is 0 Å². The Kier molecular flexibility index (Phi) is 7.56. The quantitative estimate of drug-likeness (QED) is 0.278. The van der Waals surface area contributed by atoms with Gasteiger partial charge in [-0.3, -0.25) is 9.59 Å². The van der Waals surface area contributed by atoms with E-state index in [0.717, 1.165) is 16.7 Å². The van der Waals surface area contributed by atoms with Crippen molar-refractivity contribution in [1.29, 1.82) is 0 Å². The zero-order valence-corrected chi connectivity index (χ0v) is 19.2. The van der Waals surface area contributed by atoms with Crippen LogP contribution < -0.4 is 23.7 Å². The second-order valence-electron chi connectivity index (χ2n) is 7.22. The molecule has 0 N–H and O–H groups in total. The van der Waals surface area contributed by atoms with Crippen LogP contribution >= 0.6 is 0 Å². The molecule has 172 valence electrons. The largest absolute Gasteiger partial charge is 0.493 e. The molecule has 0 saturated heterocycles. The van der Waals surface area contributed by atoms with E-state index in [-0.39, 0.29) is 17.9 Å². The molecule has 0 aliphatic carbocycles. The summed E-state index contributed by atoms with van der Waals surface area (Å²) in [6.45, 7) is 2.72. The summed E-state index contributed by atoms with van der Waals surface area (Å²) in [7, 11) is 4.69. The van der Waals surface area contributed by atoms with Crippen molar-refractivity contribution < 1.29 is 33.3 Å². The third-order valence-electron chi connectivity index (χ3n) is 4.97. The molecule has 0 aliphatic rings. The molecule has 33 heavy (non-hydrogen) atoms. The molecule has 0 bridgehead atoms. The van der Waals surface area contributed by atoms with Crippen molar-refractivity contribution >= 4 is 11.9 Å². The van der Waals surface area contributed by atoms with E-state index in [4.69, 9.17) is 23.7 Å². The summed E-state index contributed by atoms with van der Waals surface area (Å²) in [5, 5.41) is 0. The summed E-state index contributed by atoms with van der Waals surface area (Å²) in [5.74, 6) is 1.49. The monoisotopic (exact) mass is 450 g/mol. The van der Waals surface area contributed by atoms with Crippen LogP contribution in [0, 0.1) is 0 Å². The van der Waals surface area contributed by atoms with Gasteiger partial charge in [0.2, 0.25) is 5.75 Å². The molecule has 0 atom stereocenters.